The van der Waals surface area contributed by atoms with Gasteiger partial charge in [-0.15, -0.1) is 0 Å². The summed E-state index contributed by atoms with van der Waals surface area (Å²) in [7, 11) is 0. The molecule has 1 rings (SSSR count). The van der Waals surface area contributed by atoms with E-state index in [1.807, 2.05) is 0 Å². The first kappa shape index (κ1) is 9.02. The second-order valence-electron chi connectivity index (χ2n) is 1.93. The van der Waals surface area contributed by atoms with E-state index >= 15 is 0 Å². The maximum atomic E-state index is 10.3. The van der Waals surface area contributed by atoms with Crippen molar-refractivity contribution >= 4 is 34.7 Å². The molecule has 0 aliphatic rings. The number of nitro groups is 1. The first-order valence-corrected chi connectivity index (χ1v) is 3.54. The highest BCUT2D eigenvalue weighted by molar-refractivity contribution is 6.37. The van der Waals surface area contributed by atoms with Crippen LogP contribution in [0.15, 0.2) is 6.07 Å². The average Bonchev–Trinajstić information content (AvgIpc) is 1.82. The summed E-state index contributed by atoms with van der Waals surface area (Å²) in [6.45, 7) is 0. The molecular formula is C5H3Cl2N3O2. The van der Waals surface area contributed by atoms with Crippen LogP contribution in [0.1, 0.15) is 0 Å². The second-order valence-corrected chi connectivity index (χ2v) is 2.69. The summed E-state index contributed by atoms with van der Waals surface area (Å²) in [6.07, 6.45) is 0. The van der Waals surface area contributed by atoms with Gasteiger partial charge in [-0.05, 0) is 0 Å². The van der Waals surface area contributed by atoms with Crippen molar-refractivity contribution in [2.24, 2.45) is 0 Å². The highest BCUT2D eigenvalue weighted by Gasteiger charge is 2.19. The molecule has 0 bridgehead atoms. The zero-order valence-corrected chi connectivity index (χ0v) is 7.13. The summed E-state index contributed by atoms with van der Waals surface area (Å²) in [5.41, 5.74) is 4.80. The molecule has 0 aliphatic carbocycles. The van der Waals surface area contributed by atoms with Crippen molar-refractivity contribution in [3.63, 3.8) is 0 Å². The minimum absolute atomic E-state index is 0.0515. The van der Waals surface area contributed by atoms with Crippen LogP contribution in [0.4, 0.5) is 11.5 Å². The molecule has 5 nitrogen and oxygen atoms in total. The van der Waals surface area contributed by atoms with Crippen molar-refractivity contribution in [3.05, 3.63) is 26.4 Å². The summed E-state index contributed by atoms with van der Waals surface area (Å²) >= 11 is 10.9. The van der Waals surface area contributed by atoms with E-state index in [1.54, 1.807) is 0 Å². The standard InChI is InChI=1S/C5H3Cl2N3O2/c6-2-1-3(8)9-5(7)4(2)10(11)12/h1H,(H2,8,9). The maximum Gasteiger partial charge on any atom is 0.325 e. The van der Waals surface area contributed by atoms with Gasteiger partial charge in [0.25, 0.3) is 0 Å². The third kappa shape index (κ3) is 1.57. The Bertz CT molecular complexity index is 318. The lowest BCUT2D eigenvalue weighted by Gasteiger charge is -1.97. The molecule has 0 saturated heterocycles. The highest BCUT2D eigenvalue weighted by Crippen LogP contribution is 2.31. The van der Waals surface area contributed by atoms with E-state index in [-0.39, 0.29) is 16.0 Å². The zero-order valence-electron chi connectivity index (χ0n) is 5.62. The lowest BCUT2D eigenvalue weighted by atomic mass is 10.4. The average molecular weight is 208 g/mol. The van der Waals surface area contributed by atoms with Gasteiger partial charge in [-0.25, -0.2) is 4.98 Å². The van der Waals surface area contributed by atoms with Crippen LogP contribution in [0.25, 0.3) is 0 Å². The van der Waals surface area contributed by atoms with E-state index in [4.69, 9.17) is 28.9 Å². The second kappa shape index (κ2) is 3.12. The highest BCUT2D eigenvalue weighted by atomic mass is 35.5. The smallest absolute Gasteiger partial charge is 0.325 e. The van der Waals surface area contributed by atoms with Gasteiger partial charge in [-0.3, -0.25) is 10.1 Å². The van der Waals surface area contributed by atoms with E-state index in [2.05, 4.69) is 4.98 Å². The molecule has 0 aliphatic heterocycles. The number of nitrogens with zero attached hydrogens (tertiary/aromatic N) is 2. The monoisotopic (exact) mass is 207 g/mol. The van der Waals surface area contributed by atoms with E-state index in [1.165, 1.54) is 6.07 Å². The van der Waals surface area contributed by atoms with Crippen molar-refractivity contribution in [1.29, 1.82) is 0 Å². The fourth-order valence-corrected chi connectivity index (χ4v) is 1.24. The Balaban J connectivity index is 3.38. The number of nitrogens with two attached hydrogens (primary N) is 1. The Morgan fingerprint density at radius 2 is 2.17 bits per heavy atom. The zero-order chi connectivity index (χ0) is 9.30. The van der Waals surface area contributed by atoms with Gasteiger partial charge in [-0.1, -0.05) is 23.2 Å². The normalized spacial score (nSPS) is 9.83. The third-order valence-corrected chi connectivity index (χ3v) is 1.66. The number of nitrogen functional groups attached to an aromatic ring is 1. The molecule has 0 radical (unpaired) electrons. The molecule has 0 spiro atoms. The van der Waals surface area contributed by atoms with Crippen LogP contribution in [-0.4, -0.2) is 9.91 Å². The fourth-order valence-electron chi connectivity index (χ4n) is 0.658. The first-order valence-electron chi connectivity index (χ1n) is 2.78. The van der Waals surface area contributed by atoms with Crippen molar-refractivity contribution in [3.8, 4) is 0 Å². The van der Waals surface area contributed by atoms with Gasteiger partial charge >= 0.3 is 5.69 Å². The number of hydrogen-bond acceptors (Lipinski definition) is 4. The van der Waals surface area contributed by atoms with Gasteiger partial charge in [0.1, 0.15) is 10.8 Å². The summed E-state index contributed by atoms with van der Waals surface area (Å²) in [6, 6.07) is 1.17. The van der Waals surface area contributed by atoms with Gasteiger partial charge in [0.15, 0.2) is 0 Å². The van der Waals surface area contributed by atoms with Crippen LogP contribution < -0.4 is 5.73 Å². The third-order valence-electron chi connectivity index (χ3n) is 1.11. The molecule has 1 heterocycles. The molecule has 1 aromatic rings. The molecule has 64 valence electrons. The molecule has 0 atom stereocenters. The lowest BCUT2D eigenvalue weighted by Crippen LogP contribution is -1.96. The summed E-state index contributed by atoms with van der Waals surface area (Å²) in [4.78, 5) is 13.1. The van der Waals surface area contributed by atoms with E-state index in [9.17, 15) is 10.1 Å². The molecule has 0 aromatic carbocycles. The van der Waals surface area contributed by atoms with Crippen LogP contribution in [0.3, 0.4) is 0 Å². The molecule has 0 amide bonds. The van der Waals surface area contributed by atoms with Gasteiger partial charge < -0.3 is 5.73 Å². The van der Waals surface area contributed by atoms with Gasteiger partial charge in [-0.2, -0.15) is 0 Å². The molecule has 0 unspecified atom stereocenters. The summed E-state index contributed by atoms with van der Waals surface area (Å²) < 4.78 is 0. The number of halogens is 2. The van der Waals surface area contributed by atoms with E-state index in [0.29, 0.717) is 0 Å². The molecule has 7 heteroatoms. The molecule has 0 saturated carbocycles. The Hall–Kier alpha value is -1.07. The van der Waals surface area contributed by atoms with Crippen LogP contribution in [0, 0.1) is 10.1 Å². The van der Waals surface area contributed by atoms with Crippen molar-refractivity contribution in [1.82, 2.24) is 4.98 Å². The first-order chi connectivity index (χ1) is 5.52. The fraction of sp³-hybridized carbons (Fsp3) is 0. The molecule has 12 heavy (non-hydrogen) atoms. The van der Waals surface area contributed by atoms with Crippen LogP contribution in [0.2, 0.25) is 10.2 Å². The number of rotatable bonds is 1. The minimum Gasteiger partial charge on any atom is -0.384 e. The van der Waals surface area contributed by atoms with Gasteiger partial charge in [0, 0.05) is 6.07 Å². The largest absolute Gasteiger partial charge is 0.384 e. The quantitative estimate of drug-likeness (QED) is 0.433. The predicted octanol–water partition coefficient (Wildman–Crippen LogP) is 1.88. The molecule has 1 aromatic heterocycles. The summed E-state index contributed by atoms with van der Waals surface area (Å²) in [5.74, 6) is 0.0515. The Morgan fingerprint density at radius 3 is 2.58 bits per heavy atom. The predicted molar refractivity (Wildman–Crippen MR) is 45.3 cm³/mol. The lowest BCUT2D eigenvalue weighted by molar-refractivity contribution is -0.384. The van der Waals surface area contributed by atoms with Crippen LogP contribution in [0.5, 0.6) is 0 Å². The summed E-state index contributed by atoms with van der Waals surface area (Å²) in [5, 5.41) is 9.90. The van der Waals surface area contributed by atoms with Crippen molar-refractivity contribution in [2.75, 3.05) is 5.73 Å². The molecule has 2 N–H and O–H groups in total. The van der Waals surface area contributed by atoms with Gasteiger partial charge in [0.05, 0.1) is 4.92 Å². The Kier molecular flexibility index (Phi) is 2.35. The van der Waals surface area contributed by atoms with Gasteiger partial charge in [0.2, 0.25) is 5.15 Å². The maximum absolute atomic E-state index is 10.3. The topological polar surface area (TPSA) is 82.0 Å². The Labute approximate surface area is 77.3 Å². The Morgan fingerprint density at radius 1 is 1.58 bits per heavy atom. The minimum atomic E-state index is -0.711. The number of hydrogen-bond donors (Lipinski definition) is 1. The SMILES string of the molecule is Nc1cc(Cl)c([N+](=O)[O-])c(Cl)n1. The molecule has 0 fully saturated rings. The van der Waals surface area contributed by atoms with Crippen molar-refractivity contribution < 1.29 is 4.92 Å². The number of aromatic nitrogens is 1. The number of pyridine rings is 1. The number of anilines is 1. The van der Waals surface area contributed by atoms with Crippen molar-refractivity contribution in [2.45, 2.75) is 0 Å². The van der Waals surface area contributed by atoms with E-state index < -0.39 is 10.6 Å². The van der Waals surface area contributed by atoms with Crippen LogP contribution >= 0.6 is 23.2 Å². The van der Waals surface area contributed by atoms with E-state index in [0.717, 1.165) is 0 Å². The molecular weight excluding hydrogens is 205 g/mol. The van der Waals surface area contributed by atoms with Crippen LogP contribution in [-0.2, 0) is 0 Å².